The van der Waals surface area contributed by atoms with Crippen molar-refractivity contribution in [3.05, 3.63) is 11.1 Å². The molecule has 0 aromatic rings. The Morgan fingerprint density at radius 1 is 1.12 bits per heavy atom. The Labute approximate surface area is 97.5 Å². The second-order valence-corrected chi connectivity index (χ2v) is 5.65. The van der Waals surface area contributed by atoms with Gasteiger partial charge >= 0.3 is 0 Å². The fourth-order valence-electron chi connectivity index (χ4n) is 4.23. The third kappa shape index (κ3) is 1.59. The fraction of sp³-hybridized carbons (Fsp3) is 0.786. The Bertz CT molecular complexity index is 321. The van der Waals surface area contributed by atoms with Crippen molar-refractivity contribution in [1.82, 2.24) is 5.32 Å². The van der Waals surface area contributed by atoms with Gasteiger partial charge in [-0.05, 0) is 50.9 Å². The lowest BCUT2D eigenvalue weighted by molar-refractivity contribution is -0.111. The zero-order valence-corrected chi connectivity index (χ0v) is 9.87. The molecule has 0 aliphatic heterocycles. The van der Waals surface area contributed by atoms with Crippen molar-refractivity contribution in [2.75, 3.05) is 0 Å². The summed E-state index contributed by atoms with van der Waals surface area (Å²) < 4.78 is 0. The number of rotatable bonds is 2. The first-order valence-corrected chi connectivity index (χ1v) is 6.80. The predicted molar refractivity (Wildman–Crippen MR) is 63.9 cm³/mol. The summed E-state index contributed by atoms with van der Waals surface area (Å²) in [5.74, 6) is 1.42. The van der Waals surface area contributed by atoms with Crippen molar-refractivity contribution in [2.45, 2.75) is 57.4 Å². The molecular weight excluding hydrogens is 198 g/mol. The molecule has 0 saturated heterocycles. The van der Waals surface area contributed by atoms with Gasteiger partial charge in [0.2, 0.25) is 6.41 Å². The molecule has 0 aromatic heterocycles. The molecule has 0 unspecified atom stereocenters. The van der Waals surface area contributed by atoms with Crippen molar-refractivity contribution in [3.63, 3.8) is 0 Å². The molecule has 1 saturated carbocycles. The van der Waals surface area contributed by atoms with E-state index in [-0.39, 0.29) is 0 Å². The maximum atomic E-state index is 10.7. The molecule has 2 heteroatoms. The van der Waals surface area contributed by atoms with E-state index in [0.29, 0.717) is 12.0 Å². The summed E-state index contributed by atoms with van der Waals surface area (Å²) in [5, 5.41) is 3.10. The Balaban J connectivity index is 1.90. The topological polar surface area (TPSA) is 29.1 Å². The zero-order chi connectivity index (χ0) is 11.0. The summed E-state index contributed by atoms with van der Waals surface area (Å²) >= 11 is 0. The van der Waals surface area contributed by atoms with Gasteiger partial charge in [0, 0.05) is 12.0 Å². The van der Waals surface area contributed by atoms with Crippen LogP contribution in [0.4, 0.5) is 0 Å². The highest BCUT2D eigenvalue weighted by molar-refractivity contribution is 5.48. The lowest BCUT2D eigenvalue weighted by atomic mass is 9.63. The minimum absolute atomic E-state index is 0.461. The summed E-state index contributed by atoms with van der Waals surface area (Å²) in [5.41, 5.74) is 3.51. The van der Waals surface area contributed by atoms with Crippen molar-refractivity contribution >= 4 is 6.41 Å². The molecule has 1 fully saturated rings. The summed E-state index contributed by atoms with van der Waals surface area (Å²) in [6.45, 7) is 0. The van der Waals surface area contributed by atoms with Crippen LogP contribution in [0.1, 0.15) is 51.4 Å². The molecule has 16 heavy (non-hydrogen) atoms. The van der Waals surface area contributed by atoms with Crippen LogP contribution in [0.25, 0.3) is 0 Å². The smallest absolute Gasteiger partial charge is 0.207 e. The summed E-state index contributed by atoms with van der Waals surface area (Å²) in [4.78, 5) is 10.7. The van der Waals surface area contributed by atoms with E-state index in [1.54, 1.807) is 11.1 Å². The van der Waals surface area contributed by atoms with Gasteiger partial charge in [-0.15, -0.1) is 0 Å². The van der Waals surface area contributed by atoms with Crippen molar-refractivity contribution in [3.8, 4) is 0 Å². The van der Waals surface area contributed by atoms with Crippen LogP contribution in [0.5, 0.6) is 0 Å². The van der Waals surface area contributed by atoms with Gasteiger partial charge in [0.1, 0.15) is 0 Å². The van der Waals surface area contributed by atoms with E-state index in [1.165, 1.54) is 51.4 Å². The molecule has 2 nitrogen and oxygen atoms in total. The van der Waals surface area contributed by atoms with E-state index in [2.05, 4.69) is 5.32 Å². The van der Waals surface area contributed by atoms with Gasteiger partial charge in [0.05, 0.1) is 0 Å². The zero-order valence-electron chi connectivity index (χ0n) is 9.87. The van der Waals surface area contributed by atoms with Gasteiger partial charge in [0.15, 0.2) is 0 Å². The molecule has 3 aliphatic carbocycles. The van der Waals surface area contributed by atoms with Gasteiger partial charge in [0.25, 0.3) is 0 Å². The highest BCUT2D eigenvalue weighted by Gasteiger charge is 2.40. The van der Waals surface area contributed by atoms with Crippen LogP contribution in [0.2, 0.25) is 0 Å². The van der Waals surface area contributed by atoms with Crippen LogP contribution >= 0.6 is 0 Å². The molecule has 3 aliphatic rings. The van der Waals surface area contributed by atoms with E-state index in [9.17, 15) is 4.79 Å². The molecule has 3 rings (SSSR count). The molecule has 1 N–H and O–H groups in total. The third-order valence-electron chi connectivity index (χ3n) is 4.88. The number of carbonyl (C=O) groups is 1. The quantitative estimate of drug-likeness (QED) is 0.561. The monoisotopic (exact) mass is 219 g/mol. The van der Waals surface area contributed by atoms with Crippen LogP contribution < -0.4 is 5.32 Å². The molecule has 2 bridgehead atoms. The molecule has 1 amide bonds. The molecule has 0 heterocycles. The fourth-order valence-corrected chi connectivity index (χ4v) is 4.23. The lowest BCUT2D eigenvalue weighted by Gasteiger charge is -2.46. The standard InChI is InChI=1S/C14H21NO/c16-9-15-14-11-5-3-7-13(14)12-6-2-1-4-10(12)8-11/h9,11,13-14H,1-8H2,(H,15,16)/t11-,13+,14+/m0/s1. The first-order chi connectivity index (χ1) is 7.90. The number of hydrogen-bond donors (Lipinski definition) is 1. The second kappa shape index (κ2) is 4.23. The van der Waals surface area contributed by atoms with E-state index in [1.807, 2.05) is 0 Å². The average molecular weight is 219 g/mol. The normalized spacial score (nSPS) is 37.9. The second-order valence-electron chi connectivity index (χ2n) is 5.65. The van der Waals surface area contributed by atoms with Gasteiger partial charge < -0.3 is 5.32 Å². The highest BCUT2D eigenvalue weighted by atomic mass is 16.1. The Morgan fingerprint density at radius 3 is 2.88 bits per heavy atom. The van der Waals surface area contributed by atoms with E-state index in [4.69, 9.17) is 0 Å². The number of allylic oxidation sites excluding steroid dienone is 1. The first kappa shape index (κ1) is 10.4. The van der Waals surface area contributed by atoms with Crippen molar-refractivity contribution < 1.29 is 4.79 Å². The number of carbonyl (C=O) groups excluding carboxylic acids is 1. The highest BCUT2D eigenvalue weighted by Crippen LogP contribution is 2.47. The maximum Gasteiger partial charge on any atom is 0.207 e. The molecular formula is C14H21NO. The molecule has 88 valence electrons. The van der Waals surface area contributed by atoms with E-state index < -0.39 is 0 Å². The average Bonchev–Trinajstić information content (AvgIpc) is 2.30. The van der Waals surface area contributed by atoms with Crippen LogP contribution in [-0.2, 0) is 4.79 Å². The predicted octanol–water partition coefficient (Wildman–Crippen LogP) is 2.79. The maximum absolute atomic E-state index is 10.7. The Kier molecular flexibility index (Phi) is 2.74. The van der Waals surface area contributed by atoms with Crippen LogP contribution in [0.3, 0.4) is 0 Å². The summed E-state index contributed by atoms with van der Waals surface area (Å²) in [7, 11) is 0. The van der Waals surface area contributed by atoms with E-state index >= 15 is 0 Å². The van der Waals surface area contributed by atoms with Crippen LogP contribution in [0, 0.1) is 11.8 Å². The third-order valence-corrected chi connectivity index (χ3v) is 4.88. The Hall–Kier alpha value is -0.790. The first-order valence-electron chi connectivity index (χ1n) is 6.80. The van der Waals surface area contributed by atoms with Crippen LogP contribution in [0.15, 0.2) is 11.1 Å². The molecule has 0 aromatic carbocycles. The summed E-state index contributed by atoms with van der Waals surface area (Å²) in [6, 6.07) is 0.461. The largest absolute Gasteiger partial charge is 0.355 e. The Morgan fingerprint density at radius 2 is 2.00 bits per heavy atom. The minimum atomic E-state index is 0.461. The van der Waals surface area contributed by atoms with Gasteiger partial charge in [-0.2, -0.15) is 0 Å². The molecule has 0 spiro atoms. The minimum Gasteiger partial charge on any atom is -0.355 e. The molecule has 0 radical (unpaired) electrons. The van der Waals surface area contributed by atoms with Gasteiger partial charge in [-0.3, -0.25) is 4.79 Å². The van der Waals surface area contributed by atoms with Gasteiger partial charge in [-0.1, -0.05) is 17.6 Å². The number of fused-ring (bicyclic) bond motifs is 3. The number of nitrogens with one attached hydrogen (secondary N) is 1. The molecule has 3 atom stereocenters. The number of amides is 1. The van der Waals surface area contributed by atoms with Gasteiger partial charge in [-0.25, -0.2) is 0 Å². The van der Waals surface area contributed by atoms with E-state index in [0.717, 1.165) is 12.3 Å². The SMILES string of the molecule is O=CN[C@@H]1[C@H]2CCC[C@@H]1C1=C(CCCC1)C2. The van der Waals surface area contributed by atoms with Crippen molar-refractivity contribution in [2.24, 2.45) is 11.8 Å². The number of hydrogen-bond acceptors (Lipinski definition) is 1. The van der Waals surface area contributed by atoms with Crippen molar-refractivity contribution in [1.29, 1.82) is 0 Å². The lowest BCUT2D eigenvalue weighted by Crippen LogP contribution is -2.48. The van der Waals surface area contributed by atoms with Crippen LogP contribution in [-0.4, -0.2) is 12.5 Å². The summed E-state index contributed by atoms with van der Waals surface area (Å²) in [6.07, 6.45) is 11.6.